The minimum atomic E-state index is -3.59. The zero-order chi connectivity index (χ0) is 17.3. The van der Waals surface area contributed by atoms with Gasteiger partial charge in [-0.3, -0.25) is 4.31 Å². The van der Waals surface area contributed by atoms with Gasteiger partial charge in [-0.15, -0.1) is 0 Å². The number of para-hydroxylation sites is 3. The second-order valence-electron chi connectivity index (χ2n) is 6.67. The third kappa shape index (κ3) is 3.00. The molecule has 0 spiro atoms. The molecule has 2 aromatic carbocycles. The predicted molar refractivity (Wildman–Crippen MR) is 101 cm³/mol. The molecular formula is C19H23N3O2S. The second kappa shape index (κ2) is 6.69. The van der Waals surface area contributed by atoms with E-state index in [1.807, 2.05) is 54.6 Å². The summed E-state index contributed by atoms with van der Waals surface area (Å²) in [7, 11) is -3.59. The van der Waals surface area contributed by atoms with E-state index in [0.717, 1.165) is 30.9 Å². The summed E-state index contributed by atoms with van der Waals surface area (Å²) in [6.45, 7) is 2.58. The van der Waals surface area contributed by atoms with Crippen LogP contribution in [0, 0.1) is 5.92 Å². The fourth-order valence-corrected chi connectivity index (χ4v) is 5.46. The average Bonchev–Trinajstić information content (AvgIpc) is 2.87. The van der Waals surface area contributed by atoms with E-state index in [4.69, 9.17) is 0 Å². The van der Waals surface area contributed by atoms with Gasteiger partial charge in [0, 0.05) is 6.54 Å². The molecule has 1 N–H and O–H groups in total. The first-order valence-electron chi connectivity index (χ1n) is 8.86. The standard InChI is InChI=1S/C19H23N3O2S/c23-25(24)21(14-12-16-7-6-13-20-15-16)18-10-4-5-11-19(18)22(25)17-8-2-1-3-9-17/h1-5,8-11,16,20H,6-7,12-15H2/t16-/m0/s1. The number of nitrogens with one attached hydrogen (secondary N) is 1. The number of fused-ring (bicyclic) bond motifs is 1. The fraction of sp³-hybridized carbons (Fsp3) is 0.368. The monoisotopic (exact) mass is 357 g/mol. The Kier molecular flexibility index (Phi) is 4.39. The van der Waals surface area contributed by atoms with Crippen LogP contribution in [0.4, 0.5) is 17.1 Å². The van der Waals surface area contributed by atoms with Crippen LogP contribution < -0.4 is 13.9 Å². The summed E-state index contributed by atoms with van der Waals surface area (Å²) in [4.78, 5) is 0. The summed E-state index contributed by atoms with van der Waals surface area (Å²) >= 11 is 0. The van der Waals surface area contributed by atoms with Crippen molar-refractivity contribution in [2.45, 2.75) is 19.3 Å². The Bertz CT molecular complexity index is 833. The van der Waals surface area contributed by atoms with Crippen LogP contribution >= 0.6 is 0 Å². The molecule has 0 saturated carbocycles. The molecule has 0 bridgehead atoms. The van der Waals surface area contributed by atoms with Gasteiger partial charge < -0.3 is 5.32 Å². The van der Waals surface area contributed by atoms with Crippen molar-refractivity contribution in [1.29, 1.82) is 0 Å². The fourth-order valence-electron chi connectivity index (χ4n) is 3.74. The Morgan fingerprint density at radius 1 is 1.00 bits per heavy atom. The molecule has 0 unspecified atom stereocenters. The van der Waals surface area contributed by atoms with Crippen molar-refractivity contribution in [2.24, 2.45) is 5.92 Å². The molecule has 132 valence electrons. The van der Waals surface area contributed by atoms with Crippen molar-refractivity contribution in [3.05, 3.63) is 54.6 Å². The van der Waals surface area contributed by atoms with Gasteiger partial charge in [-0.25, -0.2) is 4.31 Å². The Labute approximate surface area is 149 Å². The first-order valence-corrected chi connectivity index (χ1v) is 10.3. The lowest BCUT2D eigenvalue weighted by Gasteiger charge is -2.26. The number of anilines is 3. The van der Waals surface area contributed by atoms with Gasteiger partial charge in [0.1, 0.15) is 0 Å². The molecule has 5 nitrogen and oxygen atoms in total. The second-order valence-corrected chi connectivity index (χ2v) is 8.37. The number of piperidine rings is 1. The maximum absolute atomic E-state index is 13.3. The van der Waals surface area contributed by atoms with Crippen LogP contribution in [0.5, 0.6) is 0 Å². The van der Waals surface area contributed by atoms with Crippen LogP contribution in [-0.2, 0) is 10.2 Å². The molecule has 4 rings (SSSR count). The van der Waals surface area contributed by atoms with Crippen molar-refractivity contribution in [3.8, 4) is 0 Å². The maximum Gasteiger partial charge on any atom is 0.330 e. The van der Waals surface area contributed by atoms with Crippen molar-refractivity contribution < 1.29 is 8.42 Å². The largest absolute Gasteiger partial charge is 0.330 e. The highest BCUT2D eigenvalue weighted by Gasteiger charge is 2.41. The summed E-state index contributed by atoms with van der Waals surface area (Å²) in [5, 5.41) is 3.41. The molecule has 2 aromatic rings. The summed E-state index contributed by atoms with van der Waals surface area (Å²) in [5.41, 5.74) is 2.18. The molecule has 1 saturated heterocycles. The summed E-state index contributed by atoms with van der Waals surface area (Å²) < 4.78 is 29.6. The van der Waals surface area contributed by atoms with E-state index < -0.39 is 10.2 Å². The lowest BCUT2D eigenvalue weighted by atomic mass is 9.96. The zero-order valence-electron chi connectivity index (χ0n) is 14.1. The average molecular weight is 357 g/mol. The van der Waals surface area contributed by atoms with Crippen LogP contribution in [0.1, 0.15) is 19.3 Å². The SMILES string of the molecule is O=S1(=O)N(CC[C@@H]2CCCNC2)c2ccccc2N1c1ccccc1. The third-order valence-electron chi connectivity index (χ3n) is 5.01. The van der Waals surface area contributed by atoms with E-state index >= 15 is 0 Å². The summed E-state index contributed by atoms with van der Waals surface area (Å²) in [6, 6.07) is 16.9. The van der Waals surface area contributed by atoms with E-state index in [1.165, 1.54) is 17.1 Å². The van der Waals surface area contributed by atoms with Crippen LogP contribution in [-0.4, -0.2) is 28.1 Å². The van der Waals surface area contributed by atoms with Gasteiger partial charge in [0.15, 0.2) is 0 Å². The molecule has 25 heavy (non-hydrogen) atoms. The first kappa shape index (κ1) is 16.4. The highest BCUT2D eigenvalue weighted by atomic mass is 32.2. The van der Waals surface area contributed by atoms with Crippen LogP contribution in [0.3, 0.4) is 0 Å². The van der Waals surface area contributed by atoms with Gasteiger partial charge in [-0.05, 0) is 62.5 Å². The molecule has 0 aliphatic carbocycles. The van der Waals surface area contributed by atoms with Gasteiger partial charge in [-0.2, -0.15) is 8.42 Å². The lowest BCUT2D eigenvalue weighted by Crippen LogP contribution is -2.38. The Morgan fingerprint density at radius 3 is 2.44 bits per heavy atom. The number of hydrogen-bond acceptors (Lipinski definition) is 3. The normalized spacial score (nSPS) is 22.0. The molecular weight excluding hydrogens is 334 g/mol. The Morgan fingerprint density at radius 2 is 1.72 bits per heavy atom. The third-order valence-corrected chi connectivity index (χ3v) is 6.81. The number of hydrogen-bond donors (Lipinski definition) is 1. The maximum atomic E-state index is 13.3. The van der Waals surface area contributed by atoms with Gasteiger partial charge in [0.25, 0.3) is 0 Å². The minimum Gasteiger partial charge on any atom is -0.316 e. The Hall–Kier alpha value is -2.05. The molecule has 0 aromatic heterocycles. The molecule has 0 radical (unpaired) electrons. The van der Waals surface area contributed by atoms with Crippen LogP contribution in [0.25, 0.3) is 0 Å². The smallest absolute Gasteiger partial charge is 0.316 e. The van der Waals surface area contributed by atoms with Gasteiger partial charge in [0.2, 0.25) is 0 Å². The van der Waals surface area contributed by atoms with E-state index in [9.17, 15) is 8.42 Å². The predicted octanol–water partition coefficient (Wildman–Crippen LogP) is 3.28. The van der Waals surface area contributed by atoms with E-state index in [0.29, 0.717) is 18.2 Å². The zero-order valence-corrected chi connectivity index (χ0v) is 15.0. The van der Waals surface area contributed by atoms with Gasteiger partial charge in [-0.1, -0.05) is 30.3 Å². The molecule has 1 atom stereocenters. The van der Waals surface area contributed by atoms with Crippen LogP contribution in [0.2, 0.25) is 0 Å². The summed E-state index contributed by atoms with van der Waals surface area (Å²) in [6.07, 6.45) is 3.22. The number of nitrogens with zero attached hydrogens (tertiary/aromatic N) is 2. The molecule has 2 aliphatic rings. The highest BCUT2D eigenvalue weighted by Crippen LogP contribution is 2.45. The quantitative estimate of drug-likeness (QED) is 0.914. The minimum absolute atomic E-state index is 0.523. The number of rotatable bonds is 4. The molecule has 6 heteroatoms. The van der Waals surface area contributed by atoms with Crippen LogP contribution in [0.15, 0.2) is 54.6 Å². The molecule has 0 amide bonds. The Balaban J connectivity index is 1.65. The summed E-state index contributed by atoms with van der Waals surface area (Å²) in [5.74, 6) is 0.543. The highest BCUT2D eigenvalue weighted by molar-refractivity contribution is 7.95. The van der Waals surface area contributed by atoms with E-state index in [-0.39, 0.29) is 0 Å². The van der Waals surface area contributed by atoms with Gasteiger partial charge in [0.05, 0.1) is 17.1 Å². The topological polar surface area (TPSA) is 52.7 Å². The van der Waals surface area contributed by atoms with Crippen molar-refractivity contribution in [2.75, 3.05) is 28.2 Å². The van der Waals surface area contributed by atoms with Crippen molar-refractivity contribution in [1.82, 2.24) is 5.32 Å². The molecule has 1 fully saturated rings. The first-order chi connectivity index (χ1) is 12.2. The van der Waals surface area contributed by atoms with Crippen molar-refractivity contribution >= 4 is 27.3 Å². The number of benzene rings is 2. The van der Waals surface area contributed by atoms with E-state index in [1.54, 1.807) is 4.31 Å². The molecule has 2 heterocycles. The lowest BCUT2D eigenvalue weighted by molar-refractivity contribution is 0.362. The van der Waals surface area contributed by atoms with Crippen molar-refractivity contribution in [3.63, 3.8) is 0 Å². The van der Waals surface area contributed by atoms with Gasteiger partial charge >= 0.3 is 10.2 Å². The molecule has 2 aliphatic heterocycles. The van der Waals surface area contributed by atoms with E-state index in [2.05, 4.69) is 5.32 Å².